The lowest BCUT2D eigenvalue weighted by Crippen LogP contribution is -2.50. The van der Waals surface area contributed by atoms with E-state index in [9.17, 15) is 27.2 Å². The number of carbonyl (C=O) groups excluding carboxylic acids is 1. The standard InChI is InChI=1S/C23H20F4N4O2/c1-15-14-20(32)21(28-31(15)19-5-3-2-4-18(19)23(25,26)27)22(33)30-12-10-29(11-13-30)17-8-6-16(24)7-9-17/h2-9,14H,10-13H2,1H3. The minimum atomic E-state index is -4.63. The molecule has 0 atom stereocenters. The fraction of sp³-hybridized carbons (Fsp3) is 0.261. The quantitative estimate of drug-likeness (QED) is 0.560. The first-order valence-corrected chi connectivity index (χ1v) is 10.2. The third kappa shape index (κ3) is 4.59. The van der Waals surface area contributed by atoms with E-state index in [1.807, 2.05) is 4.90 Å². The second-order valence-electron chi connectivity index (χ2n) is 7.68. The molecule has 0 unspecified atom stereocenters. The number of para-hydroxylation sites is 1. The molecule has 0 radical (unpaired) electrons. The molecule has 33 heavy (non-hydrogen) atoms. The summed E-state index contributed by atoms with van der Waals surface area (Å²) < 4.78 is 54.6. The summed E-state index contributed by atoms with van der Waals surface area (Å²) in [6.45, 7) is 2.93. The van der Waals surface area contributed by atoms with Gasteiger partial charge < -0.3 is 9.80 Å². The summed E-state index contributed by atoms with van der Waals surface area (Å²) >= 11 is 0. The van der Waals surface area contributed by atoms with E-state index < -0.39 is 28.8 Å². The van der Waals surface area contributed by atoms with Crippen molar-refractivity contribution in [3.05, 3.63) is 87.6 Å². The number of hydrogen-bond acceptors (Lipinski definition) is 4. The van der Waals surface area contributed by atoms with Gasteiger partial charge in [-0.05, 0) is 43.3 Å². The lowest BCUT2D eigenvalue weighted by atomic mass is 10.1. The smallest absolute Gasteiger partial charge is 0.368 e. The van der Waals surface area contributed by atoms with Crippen LogP contribution in [0.15, 0.2) is 59.4 Å². The van der Waals surface area contributed by atoms with Gasteiger partial charge in [0.25, 0.3) is 5.91 Å². The second kappa shape index (κ2) is 8.68. The number of hydrogen-bond donors (Lipinski definition) is 0. The van der Waals surface area contributed by atoms with Crippen LogP contribution in [0.2, 0.25) is 0 Å². The molecule has 0 bridgehead atoms. The van der Waals surface area contributed by atoms with Crippen molar-refractivity contribution in [2.45, 2.75) is 13.1 Å². The Labute approximate surface area is 186 Å². The van der Waals surface area contributed by atoms with E-state index in [2.05, 4.69) is 5.10 Å². The Kier molecular flexibility index (Phi) is 5.92. The third-order valence-corrected chi connectivity index (χ3v) is 5.51. The van der Waals surface area contributed by atoms with Crippen molar-refractivity contribution in [3.63, 3.8) is 0 Å². The van der Waals surface area contributed by atoms with Gasteiger partial charge in [-0.3, -0.25) is 9.59 Å². The number of rotatable bonds is 3. The monoisotopic (exact) mass is 460 g/mol. The zero-order valence-electron chi connectivity index (χ0n) is 17.6. The molecule has 2 heterocycles. The normalized spacial score (nSPS) is 14.5. The lowest BCUT2D eigenvalue weighted by Gasteiger charge is -2.35. The number of halogens is 4. The summed E-state index contributed by atoms with van der Waals surface area (Å²) in [6.07, 6.45) is -4.63. The molecule has 6 nitrogen and oxygen atoms in total. The zero-order chi connectivity index (χ0) is 23.8. The van der Waals surface area contributed by atoms with Gasteiger partial charge in [0.05, 0.1) is 11.3 Å². The minimum absolute atomic E-state index is 0.175. The van der Waals surface area contributed by atoms with Crippen LogP contribution < -0.4 is 10.3 Å². The van der Waals surface area contributed by atoms with Gasteiger partial charge in [0.1, 0.15) is 5.82 Å². The molecule has 1 aliphatic heterocycles. The van der Waals surface area contributed by atoms with E-state index in [0.717, 1.165) is 22.5 Å². The first-order chi connectivity index (χ1) is 15.6. The molecule has 3 aromatic rings. The van der Waals surface area contributed by atoms with Crippen molar-refractivity contribution in [1.82, 2.24) is 14.7 Å². The number of nitrogens with zero attached hydrogens (tertiary/aromatic N) is 4. The van der Waals surface area contributed by atoms with Gasteiger partial charge in [-0.15, -0.1) is 0 Å². The molecule has 1 fully saturated rings. The van der Waals surface area contributed by atoms with Gasteiger partial charge in [-0.2, -0.15) is 18.3 Å². The average molecular weight is 460 g/mol. The van der Waals surface area contributed by atoms with Gasteiger partial charge in [0.15, 0.2) is 5.69 Å². The van der Waals surface area contributed by atoms with Gasteiger partial charge in [0.2, 0.25) is 5.43 Å². The molecule has 1 amide bonds. The number of aromatic nitrogens is 2. The van der Waals surface area contributed by atoms with Crippen molar-refractivity contribution in [1.29, 1.82) is 0 Å². The zero-order valence-corrected chi connectivity index (χ0v) is 17.6. The molecule has 1 aromatic heterocycles. The Hall–Kier alpha value is -3.69. The van der Waals surface area contributed by atoms with Crippen molar-refractivity contribution in [2.75, 3.05) is 31.1 Å². The number of alkyl halides is 3. The van der Waals surface area contributed by atoms with Crippen LogP contribution in [0.1, 0.15) is 21.7 Å². The minimum Gasteiger partial charge on any atom is -0.368 e. The highest BCUT2D eigenvalue weighted by Gasteiger charge is 2.34. The largest absolute Gasteiger partial charge is 0.418 e. The molecule has 2 aromatic carbocycles. The van der Waals surface area contributed by atoms with Crippen molar-refractivity contribution in [3.8, 4) is 5.69 Å². The molecule has 0 saturated carbocycles. The fourth-order valence-corrected chi connectivity index (χ4v) is 3.81. The Morgan fingerprint density at radius 3 is 2.24 bits per heavy atom. The number of amides is 1. The summed E-state index contributed by atoms with van der Waals surface area (Å²) in [4.78, 5) is 29.0. The van der Waals surface area contributed by atoms with E-state index in [1.54, 1.807) is 12.1 Å². The molecule has 0 N–H and O–H groups in total. The Morgan fingerprint density at radius 2 is 1.61 bits per heavy atom. The van der Waals surface area contributed by atoms with E-state index in [1.165, 1.54) is 42.2 Å². The highest BCUT2D eigenvalue weighted by atomic mass is 19.4. The SMILES string of the molecule is Cc1cc(=O)c(C(=O)N2CCN(c3ccc(F)cc3)CC2)nn1-c1ccccc1C(F)(F)F. The number of benzene rings is 2. The van der Waals surface area contributed by atoms with Gasteiger partial charge in [-0.25, -0.2) is 9.07 Å². The van der Waals surface area contributed by atoms with Gasteiger partial charge >= 0.3 is 6.18 Å². The molecular formula is C23H20F4N4O2. The second-order valence-corrected chi connectivity index (χ2v) is 7.68. The van der Waals surface area contributed by atoms with Crippen LogP contribution in [0, 0.1) is 12.7 Å². The van der Waals surface area contributed by atoms with E-state index >= 15 is 0 Å². The van der Waals surface area contributed by atoms with Crippen LogP contribution in [0.4, 0.5) is 23.2 Å². The maximum Gasteiger partial charge on any atom is 0.418 e. The maximum absolute atomic E-state index is 13.5. The maximum atomic E-state index is 13.5. The van der Waals surface area contributed by atoms with E-state index in [-0.39, 0.29) is 30.3 Å². The Morgan fingerprint density at radius 1 is 0.970 bits per heavy atom. The molecule has 0 aliphatic carbocycles. The van der Waals surface area contributed by atoms with Crippen molar-refractivity contribution < 1.29 is 22.4 Å². The highest BCUT2D eigenvalue weighted by Crippen LogP contribution is 2.33. The summed E-state index contributed by atoms with van der Waals surface area (Å²) in [5.41, 5.74) is -1.29. The molecule has 4 rings (SSSR count). The number of anilines is 1. The van der Waals surface area contributed by atoms with Crippen LogP contribution in [-0.2, 0) is 6.18 Å². The summed E-state index contributed by atoms with van der Waals surface area (Å²) in [7, 11) is 0. The number of aryl methyl sites for hydroxylation is 1. The predicted octanol–water partition coefficient (Wildman–Crippen LogP) is 3.66. The fourth-order valence-electron chi connectivity index (χ4n) is 3.81. The molecule has 1 saturated heterocycles. The lowest BCUT2D eigenvalue weighted by molar-refractivity contribution is -0.137. The first kappa shape index (κ1) is 22.5. The van der Waals surface area contributed by atoms with Crippen molar-refractivity contribution >= 4 is 11.6 Å². The van der Waals surface area contributed by atoms with Crippen LogP contribution in [0.25, 0.3) is 5.69 Å². The Balaban J connectivity index is 1.60. The highest BCUT2D eigenvalue weighted by molar-refractivity contribution is 5.92. The molecule has 0 spiro atoms. The van der Waals surface area contributed by atoms with E-state index in [0.29, 0.717) is 13.1 Å². The first-order valence-electron chi connectivity index (χ1n) is 10.2. The van der Waals surface area contributed by atoms with Crippen LogP contribution in [0.3, 0.4) is 0 Å². The summed E-state index contributed by atoms with van der Waals surface area (Å²) in [5, 5.41) is 4.04. The number of carbonyl (C=O) groups is 1. The van der Waals surface area contributed by atoms with Gasteiger partial charge in [-0.1, -0.05) is 12.1 Å². The Bertz CT molecular complexity index is 1230. The molecule has 172 valence electrons. The van der Waals surface area contributed by atoms with Crippen LogP contribution in [0.5, 0.6) is 0 Å². The summed E-state index contributed by atoms with van der Waals surface area (Å²) in [5.74, 6) is -0.988. The predicted molar refractivity (Wildman–Crippen MR) is 114 cm³/mol. The summed E-state index contributed by atoms with van der Waals surface area (Å²) in [6, 6.07) is 12.0. The molecule has 10 heteroatoms. The third-order valence-electron chi connectivity index (χ3n) is 5.51. The average Bonchev–Trinajstić information content (AvgIpc) is 2.79. The molecule has 1 aliphatic rings. The topological polar surface area (TPSA) is 58.4 Å². The number of piperazine rings is 1. The van der Waals surface area contributed by atoms with E-state index in [4.69, 9.17) is 0 Å². The molecular weight excluding hydrogens is 440 g/mol. The van der Waals surface area contributed by atoms with Crippen LogP contribution in [-0.4, -0.2) is 46.8 Å². The van der Waals surface area contributed by atoms with Crippen LogP contribution >= 0.6 is 0 Å². The van der Waals surface area contributed by atoms with Crippen molar-refractivity contribution in [2.24, 2.45) is 0 Å². The van der Waals surface area contributed by atoms with Gasteiger partial charge in [0, 0.05) is 43.6 Å².